The molecule has 92 valence electrons. The topological polar surface area (TPSA) is 57.6 Å². The molecule has 0 saturated carbocycles. The SMILES string of the molecule is CCCCCC(=O)N1CCC[C@H](C(=O)O)C1. The van der Waals surface area contributed by atoms with Gasteiger partial charge < -0.3 is 10.0 Å². The van der Waals surface area contributed by atoms with Crippen molar-refractivity contribution in [3.05, 3.63) is 0 Å². The van der Waals surface area contributed by atoms with Crippen LogP contribution in [0, 0.1) is 5.92 Å². The minimum atomic E-state index is -0.772. The van der Waals surface area contributed by atoms with Gasteiger partial charge in [-0.3, -0.25) is 9.59 Å². The Morgan fingerprint density at radius 3 is 2.75 bits per heavy atom. The maximum Gasteiger partial charge on any atom is 0.308 e. The van der Waals surface area contributed by atoms with Gasteiger partial charge in [0.1, 0.15) is 0 Å². The van der Waals surface area contributed by atoms with Crippen LogP contribution in [0.1, 0.15) is 45.4 Å². The van der Waals surface area contributed by atoms with E-state index in [2.05, 4.69) is 6.92 Å². The third kappa shape index (κ3) is 3.83. The molecule has 0 radical (unpaired) electrons. The van der Waals surface area contributed by atoms with Crippen molar-refractivity contribution in [3.8, 4) is 0 Å². The van der Waals surface area contributed by atoms with Crippen LogP contribution in [0.25, 0.3) is 0 Å². The molecule has 0 unspecified atom stereocenters. The molecule has 4 nitrogen and oxygen atoms in total. The van der Waals surface area contributed by atoms with Gasteiger partial charge in [0.05, 0.1) is 5.92 Å². The molecule has 0 spiro atoms. The van der Waals surface area contributed by atoms with Gasteiger partial charge in [-0.1, -0.05) is 19.8 Å². The Balaban J connectivity index is 2.35. The van der Waals surface area contributed by atoms with Crippen molar-refractivity contribution in [2.45, 2.75) is 45.4 Å². The lowest BCUT2D eigenvalue weighted by Gasteiger charge is -2.30. The summed E-state index contributed by atoms with van der Waals surface area (Å²) >= 11 is 0. The van der Waals surface area contributed by atoms with Crippen LogP contribution < -0.4 is 0 Å². The van der Waals surface area contributed by atoms with Gasteiger partial charge >= 0.3 is 5.97 Å². The summed E-state index contributed by atoms with van der Waals surface area (Å²) in [6, 6.07) is 0. The predicted molar refractivity (Wildman–Crippen MR) is 61.1 cm³/mol. The Hall–Kier alpha value is -1.06. The zero-order valence-corrected chi connectivity index (χ0v) is 9.95. The lowest BCUT2D eigenvalue weighted by Crippen LogP contribution is -2.42. The molecular weight excluding hydrogens is 206 g/mol. The molecule has 1 aliphatic heterocycles. The Kier molecular flexibility index (Phi) is 5.29. The molecule has 1 fully saturated rings. The van der Waals surface area contributed by atoms with Crippen molar-refractivity contribution < 1.29 is 14.7 Å². The molecular formula is C12H21NO3. The number of rotatable bonds is 5. The van der Waals surface area contributed by atoms with Crippen LogP contribution in [-0.2, 0) is 9.59 Å². The zero-order valence-electron chi connectivity index (χ0n) is 9.95. The number of amides is 1. The van der Waals surface area contributed by atoms with Crippen LogP contribution in [0.2, 0.25) is 0 Å². The lowest BCUT2D eigenvalue weighted by atomic mass is 9.98. The van der Waals surface area contributed by atoms with Crippen molar-refractivity contribution in [3.63, 3.8) is 0 Å². The summed E-state index contributed by atoms with van der Waals surface area (Å²) in [4.78, 5) is 24.3. The fourth-order valence-electron chi connectivity index (χ4n) is 2.09. The normalized spacial score (nSPS) is 20.8. The molecule has 0 bridgehead atoms. The lowest BCUT2D eigenvalue weighted by molar-refractivity contribution is -0.145. The molecule has 16 heavy (non-hydrogen) atoms. The summed E-state index contributed by atoms with van der Waals surface area (Å²) in [5, 5.41) is 8.91. The standard InChI is InChI=1S/C12H21NO3/c1-2-3-4-7-11(14)13-8-5-6-10(9-13)12(15)16/h10H,2-9H2,1H3,(H,15,16)/t10-/m0/s1. The fraction of sp³-hybridized carbons (Fsp3) is 0.833. The summed E-state index contributed by atoms with van der Waals surface area (Å²) in [7, 11) is 0. The quantitative estimate of drug-likeness (QED) is 0.730. The minimum Gasteiger partial charge on any atom is -0.481 e. The zero-order chi connectivity index (χ0) is 12.0. The number of carbonyl (C=O) groups excluding carboxylic acids is 1. The summed E-state index contributed by atoms with van der Waals surface area (Å²) in [5.74, 6) is -1.01. The Labute approximate surface area is 96.6 Å². The molecule has 0 aromatic carbocycles. The first-order valence-corrected chi connectivity index (χ1v) is 6.15. The Bertz CT molecular complexity index is 253. The maximum atomic E-state index is 11.8. The average molecular weight is 227 g/mol. The second kappa shape index (κ2) is 6.51. The molecule has 0 aliphatic carbocycles. The molecule has 0 aromatic rings. The number of unbranched alkanes of at least 4 members (excludes halogenated alkanes) is 2. The van der Waals surface area contributed by atoms with Crippen LogP contribution in [0.3, 0.4) is 0 Å². The molecule has 1 aliphatic rings. The van der Waals surface area contributed by atoms with E-state index in [1.54, 1.807) is 4.90 Å². The van der Waals surface area contributed by atoms with E-state index >= 15 is 0 Å². The Morgan fingerprint density at radius 2 is 2.12 bits per heavy atom. The summed E-state index contributed by atoms with van der Waals surface area (Å²) < 4.78 is 0. The maximum absolute atomic E-state index is 11.8. The van der Waals surface area contributed by atoms with E-state index in [1.807, 2.05) is 0 Å². The number of aliphatic carboxylic acids is 1. The van der Waals surface area contributed by atoms with E-state index in [9.17, 15) is 9.59 Å². The van der Waals surface area contributed by atoms with E-state index < -0.39 is 5.97 Å². The number of carboxylic acid groups (broad SMARTS) is 1. The van der Waals surface area contributed by atoms with E-state index in [0.717, 1.165) is 32.2 Å². The molecule has 1 N–H and O–H groups in total. The van der Waals surface area contributed by atoms with Gasteiger partial charge in [-0.05, 0) is 19.3 Å². The van der Waals surface area contributed by atoms with Gasteiger partial charge in [0.25, 0.3) is 0 Å². The molecule has 1 saturated heterocycles. The number of hydrogen-bond donors (Lipinski definition) is 1. The monoisotopic (exact) mass is 227 g/mol. The molecule has 1 amide bonds. The second-order valence-electron chi connectivity index (χ2n) is 4.47. The van der Waals surface area contributed by atoms with Crippen LogP contribution >= 0.6 is 0 Å². The van der Waals surface area contributed by atoms with Crippen LogP contribution in [0.5, 0.6) is 0 Å². The highest BCUT2D eigenvalue weighted by Gasteiger charge is 2.27. The van der Waals surface area contributed by atoms with Crippen molar-refractivity contribution in [1.29, 1.82) is 0 Å². The summed E-state index contributed by atoms with van der Waals surface area (Å²) in [6.07, 6.45) is 5.18. The van der Waals surface area contributed by atoms with Gasteiger partial charge in [-0.15, -0.1) is 0 Å². The number of carbonyl (C=O) groups is 2. The van der Waals surface area contributed by atoms with Crippen LogP contribution in [0.4, 0.5) is 0 Å². The first kappa shape index (κ1) is 13.0. The largest absolute Gasteiger partial charge is 0.481 e. The summed E-state index contributed by atoms with van der Waals surface area (Å²) in [6.45, 7) is 3.24. The highest BCUT2D eigenvalue weighted by atomic mass is 16.4. The minimum absolute atomic E-state index is 0.124. The highest BCUT2D eigenvalue weighted by Crippen LogP contribution is 2.17. The average Bonchev–Trinajstić information content (AvgIpc) is 2.29. The van der Waals surface area contributed by atoms with Crippen molar-refractivity contribution in [2.75, 3.05) is 13.1 Å². The Morgan fingerprint density at radius 1 is 1.38 bits per heavy atom. The van der Waals surface area contributed by atoms with Gasteiger partial charge in [-0.25, -0.2) is 0 Å². The highest BCUT2D eigenvalue weighted by molar-refractivity contribution is 5.78. The number of likely N-dealkylation sites (tertiary alicyclic amines) is 1. The van der Waals surface area contributed by atoms with Crippen LogP contribution in [0.15, 0.2) is 0 Å². The fourth-order valence-corrected chi connectivity index (χ4v) is 2.09. The third-order valence-corrected chi connectivity index (χ3v) is 3.12. The number of hydrogen-bond acceptors (Lipinski definition) is 2. The first-order chi connectivity index (χ1) is 7.65. The number of piperidine rings is 1. The van der Waals surface area contributed by atoms with Crippen molar-refractivity contribution in [1.82, 2.24) is 4.90 Å². The third-order valence-electron chi connectivity index (χ3n) is 3.12. The number of nitrogens with zero attached hydrogens (tertiary/aromatic N) is 1. The van der Waals surface area contributed by atoms with Gasteiger partial charge in [0.15, 0.2) is 0 Å². The molecule has 1 atom stereocenters. The van der Waals surface area contributed by atoms with Gasteiger partial charge in [0, 0.05) is 19.5 Å². The van der Waals surface area contributed by atoms with Crippen molar-refractivity contribution >= 4 is 11.9 Å². The molecule has 0 aromatic heterocycles. The van der Waals surface area contributed by atoms with E-state index in [1.165, 1.54) is 0 Å². The molecule has 4 heteroatoms. The number of carboxylic acids is 1. The second-order valence-corrected chi connectivity index (χ2v) is 4.47. The van der Waals surface area contributed by atoms with E-state index in [0.29, 0.717) is 19.4 Å². The summed E-state index contributed by atoms with van der Waals surface area (Å²) in [5.41, 5.74) is 0. The predicted octanol–water partition coefficient (Wildman–Crippen LogP) is 1.89. The van der Waals surface area contributed by atoms with E-state index in [-0.39, 0.29) is 11.8 Å². The smallest absolute Gasteiger partial charge is 0.308 e. The van der Waals surface area contributed by atoms with Gasteiger partial charge in [-0.2, -0.15) is 0 Å². The van der Waals surface area contributed by atoms with Crippen molar-refractivity contribution in [2.24, 2.45) is 5.92 Å². The first-order valence-electron chi connectivity index (χ1n) is 6.15. The van der Waals surface area contributed by atoms with Crippen LogP contribution in [-0.4, -0.2) is 35.0 Å². The molecule has 1 heterocycles. The van der Waals surface area contributed by atoms with E-state index in [4.69, 9.17) is 5.11 Å². The van der Waals surface area contributed by atoms with Gasteiger partial charge in [0.2, 0.25) is 5.91 Å². The molecule has 1 rings (SSSR count).